The van der Waals surface area contributed by atoms with Gasteiger partial charge in [0.1, 0.15) is 11.6 Å². The van der Waals surface area contributed by atoms with Gasteiger partial charge in [-0.15, -0.1) is 0 Å². The number of aromatic hydroxyl groups is 1. The van der Waals surface area contributed by atoms with Gasteiger partial charge in [0.25, 0.3) is 0 Å². The van der Waals surface area contributed by atoms with Gasteiger partial charge in [0.05, 0.1) is 5.02 Å². The predicted molar refractivity (Wildman–Crippen MR) is 79.5 cm³/mol. The molecule has 0 aliphatic rings. The molecule has 2 aromatic carbocycles. The topological polar surface area (TPSA) is 32.3 Å². The smallest absolute Gasteiger partial charge is 0.138 e. The van der Waals surface area contributed by atoms with Crippen molar-refractivity contribution in [2.75, 3.05) is 0 Å². The molecule has 4 heteroatoms. The summed E-state index contributed by atoms with van der Waals surface area (Å²) in [6, 6.07) is 10.4. The van der Waals surface area contributed by atoms with Crippen LogP contribution in [-0.4, -0.2) is 5.11 Å². The Kier molecular flexibility index (Phi) is 4.63. The molecule has 0 aromatic heterocycles. The molecule has 1 atom stereocenters. The highest BCUT2D eigenvalue weighted by molar-refractivity contribution is 6.32. The SMILES string of the molecule is Cc1ccc(C(C)NCc2cccc(Cl)c2O)cc1F. The number of hydrogen-bond donors (Lipinski definition) is 2. The second-order valence-electron chi connectivity index (χ2n) is 4.86. The fourth-order valence-electron chi connectivity index (χ4n) is 1.96. The number of nitrogens with one attached hydrogen (secondary N) is 1. The molecule has 0 saturated carbocycles. The van der Waals surface area contributed by atoms with Crippen LogP contribution in [0, 0.1) is 12.7 Å². The number of phenolic OH excluding ortho intramolecular Hbond substituents is 1. The number of rotatable bonds is 4. The van der Waals surface area contributed by atoms with Gasteiger partial charge in [0.15, 0.2) is 0 Å². The van der Waals surface area contributed by atoms with Crippen molar-refractivity contribution in [3.8, 4) is 5.75 Å². The molecule has 2 nitrogen and oxygen atoms in total. The summed E-state index contributed by atoms with van der Waals surface area (Å²) in [5.41, 5.74) is 2.22. The molecule has 0 heterocycles. The monoisotopic (exact) mass is 293 g/mol. The Labute approximate surface area is 123 Å². The van der Waals surface area contributed by atoms with Crippen molar-refractivity contribution in [3.63, 3.8) is 0 Å². The normalized spacial score (nSPS) is 12.4. The third kappa shape index (κ3) is 3.30. The van der Waals surface area contributed by atoms with E-state index in [2.05, 4.69) is 5.32 Å². The quantitative estimate of drug-likeness (QED) is 0.878. The van der Waals surface area contributed by atoms with Crippen LogP contribution in [0.1, 0.15) is 29.7 Å². The second kappa shape index (κ2) is 6.25. The maximum atomic E-state index is 13.5. The number of hydrogen-bond acceptors (Lipinski definition) is 2. The minimum atomic E-state index is -0.207. The highest BCUT2D eigenvalue weighted by Crippen LogP contribution is 2.27. The van der Waals surface area contributed by atoms with Crippen LogP contribution in [0.25, 0.3) is 0 Å². The van der Waals surface area contributed by atoms with Crippen molar-refractivity contribution in [3.05, 3.63) is 63.9 Å². The summed E-state index contributed by atoms with van der Waals surface area (Å²) in [5.74, 6) is -0.120. The van der Waals surface area contributed by atoms with E-state index >= 15 is 0 Å². The molecule has 0 saturated heterocycles. The minimum Gasteiger partial charge on any atom is -0.506 e. The summed E-state index contributed by atoms with van der Waals surface area (Å²) in [4.78, 5) is 0. The van der Waals surface area contributed by atoms with Crippen molar-refractivity contribution in [1.82, 2.24) is 5.32 Å². The molecule has 2 N–H and O–H groups in total. The van der Waals surface area contributed by atoms with E-state index in [-0.39, 0.29) is 17.6 Å². The molecule has 0 fully saturated rings. The Hall–Kier alpha value is -1.58. The summed E-state index contributed by atoms with van der Waals surface area (Å²) in [6.07, 6.45) is 0. The van der Waals surface area contributed by atoms with Gasteiger partial charge in [0, 0.05) is 18.2 Å². The standard InChI is InChI=1S/C16H17ClFNO/c1-10-6-7-12(8-15(10)18)11(2)19-9-13-4-3-5-14(17)16(13)20/h3-8,11,19-20H,9H2,1-2H3. The molecular formula is C16H17ClFNO. The zero-order chi connectivity index (χ0) is 14.7. The van der Waals surface area contributed by atoms with Gasteiger partial charge in [-0.2, -0.15) is 0 Å². The van der Waals surface area contributed by atoms with Crippen LogP contribution in [0.5, 0.6) is 5.75 Å². The zero-order valence-corrected chi connectivity index (χ0v) is 12.2. The Morgan fingerprint density at radius 1 is 1.30 bits per heavy atom. The van der Waals surface area contributed by atoms with E-state index in [1.807, 2.05) is 13.0 Å². The molecule has 0 bridgehead atoms. The van der Waals surface area contributed by atoms with Gasteiger partial charge in [-0.1, -0.05) is 35.9 Å². The van der Waals surface area contributed by atoms with Crippen LogP contribution in [0.4, 0.5) is 4.39 Å². The molecule has 2 rings (SSSR count). The Morgan fingerprint density at radius 2 is 2.05 bits per heavy atom. The van der Waals surface area contributed by atoms with E-state index in [1.165, 1.54) is 6.07 Å². The van der Waals surface area contributed by atoms with Crippen LogP contribution in [0.15, 0.2) is 36.4 Å². The second-order valence-corrected chi connectivity index (χ2v) is 5.27. The number of aryl methyl sites for hydroxylation is 1. The summed E-state index contributed by atoms with van der Waals surface area (Å²) >= 11 is 5.86. The molecule has 0 amide bonds. The van der Waals surface area contributed by atoms with E-state index in [9.17, 15) is 9.50 Å². The van der Waals surface area contributed by atoms with Gasteiger partial charge in [-0.3, -0.25) is 0 Å². The molecule has 0 spiro atoms. The Morgan fingerprint density at radius 3 is 2.75 bits per heavy atom. The summed E-state index contributed by atoms with van der Waals surface area (Å²) in [6.45, 7) is 4.15. The first-order valence-corrected chi connectivity index (χ1v) is 6.82. The molecule has 20 heavy (non-hydrogen) atoms. The van der Waals surface area contributed by atoms with Crippen LogP contribution in [-0.2, 0) is 6.54 Å². The molecule has 2 aromatic rings. The number of phenols is 1. The zero-order valence-electron chi connectivity index (χ0n) is 11.5. The predicted octanol–water partition coefficient (Wildman–Crippen LogP) is 4.34. The third-order valence-electron chi connectivity index (χ3n) is 3.36. The van der Waals surface area contributed by atoms with E-state index < -0.39 is 0 Å². The lowest BCUT2D eigenvalue weighted by atomic mass is 10.1. The van der Waals surface area contributed by atoms with Crippen molar-refractivity contribution in [1.29, 1.82) is 0 Å². The highest BCUT2D eigenvalue weighted by Gasteiger charge is 2.10. The van der Waals surface area contributed by atoms with Gasteiger partial charge < -0.3 is 10.4 Å². The molecule has 106 valence electrons. The van der Waals surface area contributed by atoms with Crippen molar-refractivity contribution in [2.45, 2.75) is 26.4 Å². The van der Waals surface area contributed by atoms with Gasteiger partial charge in [-0.05, 0) is 37.1 Å². The molecular weight excluding hydrogens is 277 g/mol. The first kappa shape index (κ1) is 14.8. The maximum Gasteiger partial charge on any atom is 0.138 e. The fourth-order valence-corrected chi connectivity index (χ4v) is 2.16. The van der Waals surface area contributed by atoms with Crippen molar-refractivity contribution < 1.29 is 9.50 Å². The van der Waals surface area contributed by atoms with E-state index in [0.29, 0.717) is 17.1 Å². The summed E-state index contributed by atoms with van der Waals surface area (Å²) in [7, 11) is 0. The highest BCUT2D eigenvalue weighted by atomic mass is 35.5. The van der Waals surface area contributed by atoms with Crippen LogP contribution < -0.4 is 5.32 Å². The Balaban J connectivity index is 2.06. The van der Waals surface area contributed by atoms with Gasteiger partial charge >= 0.3 is 0 Å². The largest absolute Gasteiger partial charge is 0.506 e. The average Bonchev–Trinajstić information content (AvgIpc) is 2.43. The van der Waals surface area contributed by atoms with E-state index in [4.69, 9.17) is 11.6 Å². The summed E-state index contributed by atoms with van der Waals surface area (Å²) < 4.78 is 13.5. The van der Waals surface area contributed by atoms with E-state index in [0.717, 1.165) is 11.1 Å². The lowest BCUT2D eigenvalue weighted by Gasteiger charge is -2.16. The molecule has 1 unspecified atom stereocenters. The lowest BCUT2D eigenvalue weighted by Crippen LogP contribution is -2.18. The first-order valence-electron chi connectivity index (χ1n) is 6.45. The van der Waals surface area contributed by atoms with Crippen LogP contribution >= 0.6 is 11.6 Å². The fraction of sp³-hybridized carbons (Fsp3) is 0.250. The first-order chi connectivity index (χ1) is 9.49. The average molecular weight is 294 g/mol. The minimum absolute atomic E-state index is 0.0246. The molecule has 0 radical (unpaired) electrons. The summed E-state index contributed by atoms with van der Waals surface area (Å²) in [5, 5.41) is 13.4. The van der Waals surface area contributed by atoms with E-state index in [1.54, 1.807) is 31.2 Å². The molecule has 0 aliphatic carbocycles. The third-order valence-corrected chi connectivity index (χ3v) is 3.67. The van der Waals surface area contributed by atoms with Gasteiger partial charge in [-0.25, -0.2) is 4.39 Å². The lowest BCUT2D eigenvalue weighted by molar-refractivity contribution is 0.460. The Bertz CT molecular complexity index is 615. The number of para-hydroxylation sites is 1. The van der Waals surface area contributed by atoms with Crippen molar-refractivity contribution in [2.24, 2.45) is 0 Å². The van der Waals surface area contributed by atoms with Crippen LogP contribution in [0.2, 0.25) is 5.02 Å². The maximum absolute atomic E-state index is 13.5. The number of halogens is 2. The number of benzene rings is 2. The van der Waals surface area contributed by atoms with Crippen LogP contribution in [0.3, 0.4) is 0 Å². The van der Waals surface area contributed by atoms with Gasteiger partial charge in [0.2, 0.25) is 0 Å². The molecule has 0 aliphatic heterocycles. The van der Waals surface area contributed by atoms with Crippen molar-refractivity contribution >= 4 is 11.6 Å².